The van der Waals surface area contributed by atoms with E-state index in [-0.39, 0.29) is 29.5 Å². The number of ketones is 1. The maximum Gasteiger partial charge on any atom is 0.223 e. The zero-order chi connectivity index (χ0) is 21.4. The zero-order valence-electron chi connectivity index (χ0n) is 17.1. The van der Waals surface area contributed by atoms with Gasteiger partial charge in [-0.3, -0.25) is 9.59 Å². The lowest BCUT2D eigenvalue weighted by Crippen LogP contribution is -2.43. The van der Waals surface area contributed by atoms with Crippen LogP contribution in [-0.4, -0.2) is 29.2 Å². The van der Waals surface area contributed by atoms with Crippen molar-refractivity contribution in [2.75, 3.05) is 0 Å². The van der Waals surface area contributed by atoms with Crippen LogP contribution in [0, 0.1) is 0 Å². The topological polar surface area (TPSA) is 52.6 Å². The van der Waals surface area contributed by atoms with Crippen molar-refractivity contribution < 1.29 is 19.1 Å². The molecule has 0 amide bonds. The van der Waals surface area contributed by atoms with E-state index < -0.39 is 12.2 Å². The molecule has 3 aromatic carbocycles. The Bertz CT molecular complexity index is 1170. The number of carbonyl (C=O) groups excluding carboxylic acids is 2. The predicted octanol–water partition coefficient (Wildman–Crippen LogP) is 5.48. The van der Waals surface area contributed by atoms with Gasteiger partial charge in [0.05, 0.1) is 12.2 Å². The third-order valence-electron chi connectivity index (χ3n) is 5.78. The summed E-state index contributed by atoms with van der Waals surface area (Å²) in [5.74, 6) is 0.0212. The molecule has 0 spiro atoms. The Hall–Kier alpha value is -2.73. The lowest BCUT2D eigenvalue weighted by atomic mass is 10.0. The van der Waals surface area contributed by atoms with E-state index in [1.807, 2.05) is 49.4 Å². The third kappa shape index (κ3) is 4.09. The van der Waals surface area contributed by atoms with Crippen LogP contribution in [0.25, 0.3) is 10.8 Å². The molecule has 1 saturated heterocycles. The number of rotatable bonds is 5. The van der Waals surface area contributed by atoms with E-state index >= 15 is 0 Å². The summed E-state index contributed by atoms with van der Waals surface area (Å²) in [4.78, 5) is 26.2. The summed E-state index contributed by atoms with van der Waals surface area (Å²) in [6.45, 7) is 1.96. The number of carbonyl (C=O) groups is 2. The van der Waals surface area contributed by atoms with E-state index in [0.29, 0.717) is 5.56 Å². The van der Waals surface area contributed by atoms with Crippen LogP contribution < -0.4 is 0 Å². The second-order valence-electron chi connectivity index (χ2n) is 7.89. The molecule has 2 bridgehead atoms. The lowest BCUT2D eigenvalue weighted by molar-refractivity contribution is -0.158. The molecule has 31 heavy (non-hydrogen) atoms. The van der Waals surface area contributed by atoms with Crippen LogP contribution in [-0.2, 0) is 14.3 Å². The number of hydrogen-bond acceptors (Lipinski definition) is 5. The van der Waals surface area contributed by atoms with Gasteiger partial charge in [-0.1, -0.05) is 66.7 Å². The Morgan fingerprint density at radius 2 is 1.77 bits per heavy atom. The average molecular weight is 431 g/mol. The fraction of sp³-hybridized carbons (Fsp3) is 0.231. The minimum atomic E-state index is -0.664. The van der Waals surface area contributed by atoms with Crippen LogP contribution in [0.4, 0.5) is 0 Å². The molecular weight excluding hydrogens is 408 g/mol. The number of fused-ring (bicyclic) bond motifs is 3. The van der Waals surface area contributed by atoms with Crippen molar-refractivity contribution in [2.24, 2.45) is 0 Å². The molecule has 5 heteroatoms. The summed E-state index contributed by atoms with van der Waals surface area (Å²) in [5.41, 5.74) is 1.66. The Morgan fingerprint density at radius 1 is 1.03 bits per heavy atom. The number of thioether (sulfide) groups is 1. The van der Waals surface area contributed by atoms with Gasteiger partial charge in [0, 0.05) is 16.9 Å². The number of ether oxygens (including phenoxy) is 2. The van der Waals surface area contributed by atoms with Gasteiger partial charge in [0.25, 0.3) is 0 Å². The van der Waals surface area contributed by atoms with Crippen molar-refractivity contribution in [3.63, 3.8) is 0 Å². The zero-order valence-corrected chi connectivity index (χ0v) is 17.9. The van der Waals surface area contributed by atoms with Crippen molar-refractivity contribution in [3.8, 4) is 0 Å². The standard InChI is InChI=1S/C26H22O4S/c1-16(19-12-11-17-7-5-6-10-20(17)13-19)29-25-21(27)14-22-24(15-23(25)30-22)31-26(28)18-8-3-2-4-9-18/h2-13,15-16,22-23,25H,14H2,1H3/t16-,22+,23+,25+/m1/s1. The molecule has 0 saturated carbocycles. The van der Waals surface area contributed by atoms with E-state index in [1.165, 1.54) is 5.39 Å². The van der Waals surface area contributed by atoms with Crippen molar-refractivity contribution in [1.82, 2.24) is 0 Å². The summed E-state index contributed by atoms with van der Waals surface area (Å²) in [6.07, 6.45) is 0.384. The van der Waals surface area contributed by atoms with Crippen LogP contribution in [0.5, 0.6) is 0 Å². The van der Waals surface area contributed by atoms with Gasteiger partial charge in [0.15, 0.2) is 5.78 Å². The normalized spacial score (nSPS) is 23.6. The summed E-state index contributed by atoms with van der Waals surface area (Å²) in [6, 6.07) is 23.5. The first-order chi connectivity index (χ1) is 15.1. The van der Waals surface area contributed by atoms with Crippen LogP contribution in [0.15, 0.2) is 83.8 Å². The molecule has 4 nitrogen and oxygen atoms in total. The van der Waals surface area contributed by atoms with Crippen LogP contribution in [0.1, 0.15) is 35.4 Å². The van der Waals surface area contributed by atoms with Gasteiger partial charge >= 0.3 is 0 Å². The molecular formula is C26H22O4S. The van der Waals surface area contributed by atoms with Gasteiger partial charge in [-0.15, -0.1) is 0 Å². The second-order valence-corrected chi connectivity index (χ2v) is 8.94. The number of Topliss-reactive ketones (excluding diaryl/α,β-unsaturated/α-hetero) is 1. The number of hydrogen-bond donors (Lipinski definition) is 0. The molecule has 0 radical (unpaired) electrons. The first kappa shape index (κ1) is 20.2. The molecule has 3 aromatic rings. The Kier molecular flexibility index (Phi) is 5.48. The minimum absolute atomic E-state index is 0.0212. The van der Waals surface area contributed by atoms with Crippen LogP contribution >= 0.6 is 11.8 Å². The van der Waals surface area contributed by atoms with Crippen molar-refractivity contribution in [2.45, 2.75) is 37.8 Å². The molecule has 0 aromatic heterocycles. The predicted molar refractivity (Wildman–Crippen MR) is 122 cm³/mol. The average Bonchev–Trinajstić information content (AvgIpc) is 3.13. The van der Waals surface area contributed by atoms with E-state index in [0.717, 1.165) is 27.6 Å². The summed E-state index contributed by atoms with van der Waals surface area (Å²) < 4.78 is 12.2. The first-order valence-electron chi connectivity index (χ1n) is 10.4. The quantitative estimate of drug-likeness (QED) is 0.536. The highest BCUT2D eigenvalue weighted by Crippen LogP contribution is 2.40. The Balaban J connectivity index is 1.31. The van der Waals surface area contributed by atoms with Crippen molar-refractivity contribution in [1.29, 1.82) is 0 Å². The van der Waals surface area contributed by atoms with E-state index in [1.54, 1.807) is 12.1 Å². The third-order valence-corrected chi connectivity index (χ3v) is 6.84. The van der Waals surface area contributed by atoms with Gasteiger partial charge < -0.3 is 9.47 Å². The monoisotopic (exact) mass is 430 g/mol. The van der Waals surface area contributed by atoms with E-state index in [4.69, 9.17) is 9.47 Å². The Morgan fingerprint density at radius 3 is 2.58 bits per heavy atom. The smallest absolute Gasteiger partial charge is 0.223 e. The molecule has 1 fully saturated rings. The minimum Gasteiger partial charge on any atom is -0.362 e. The van der Waals surface area contributed by atoms with Crippen LogP contribution in [0.3, 0.4) is 0 Å². The molecule has 2 aliphatic rings. The van der Waals surface area contributed by atoms with Crippen molar-refractivity contribution in [3.05, 3.63) is 94.9 Å². The first-order valence-corrected chi connectivity index (χ1v) is 11.2. The molecule has 2 heterocycles. The summed E-state index contributed by atoms with van der Waals surface area (Å²) >= 11 is 1.15. The maximum absolute atomic E-state index is 12.8. The lowest BCUT2D eigenvalue weighted by Gasteiger charge is -2.31. The molecule has 5 rings (SSSR count). The highest BCUT2D eigenvalue weighted by atomic mass is 32.2. The van der Waals surface area contributed by atoms with Crippen molar-refractivity contribution >= 4 is 33.4 Å². The van der Waals surface area contributed by atoms with Gasteiger partial charge in [0.2, 0.25) is 5.12 Å². The van der Waals surface area contributed by atoms with Gasteiger partial charge in [-0.2, -0.15) is 0 Å². The highest BCUT2D eigenvalue weighted by Gasteiger charge is 2.44. The van der Waals surface area contributed by atoms with Gasteiger partial charge in [-0.05, 0) is 47.2 Å². The van der Waals surface area contributed by atoms with Gasteiger partial charge in [0.1, 0.15) is 12.2 Å². The number of benzene rings is 3. The Labute approximate surface area is 185 Å². The van der Waals surface area contributed by atoms with Gasteiger partial charge in [-0.25, -0.2) is 0 Å². The fourth-order valence-electron chi connectivity index (χ4n) is 4.11. The molecule has 0 N–H and O–H groups in total. The summed E-state index contributed by atoms with van der Waals surface area (Å²) in [7, 11) is 0. The van der Waals surface area contributed by atoms with Crippen LogP contribution in [0.2, 0.25) is 0 Å². The second kappa shape index (κ2) is 8.42. The summed E-state index contributed by atoms with van der Waals surface area (Å²) in [5, 5.41) is 2.26. The fourth-order valence-corrected chi connectivity index (χ4v) is 5.05. The molecule has 0 unspecified atom stereocenters. The molecule has 2 aliphatic heterocycles. The molecule has 0 aliphatic carbocycles. The maximum atomic E-state index is 12.8. The largest absolute Gasteiger partial charge is 0.362 e. The van der Waals surface area contributed by atoms with E-state index in [9.17, 15) is 9.59 Å². The highest BCUT2D eigenvalue weighted by molar-refractivity contribution is 8.17. The SMILES string of the molecule is C[C@@H](O[C@H]1C(=O)C[C@@H]2O[C@H]1C=C2SC(=O)c1ccccc1)c1ccc2ccccc2c1. The molecule has 4 atom stereocenters. The molecule has 156 valence electrons. The van der Waals surface area contributed by atoms with E-state index in [2.05, 4.69) is 24.3 Å².